The molecule has 1 aliphatic heterocycles. The molecule has 0 bridgehead atoms. The monoisotopic (exact) mass is 665 g/mol. The molecule has 0 amide bonds. The van der Waals surface area contributed by atoms with Gasteiger partial charge in [-0.25, -0.2) is 0 Å². The van der Waals surface area contributed by atoms with Crippen molar-refractivity contribution in [2.75, 3.05) is 4.90 Å². The van der Waals surface area contributed by atoms with E-state index in [0.717, 1.165) is 35.0 Å². The van der Waals surface area contributed by atoms with Gasteiger partial charge in [-0.3, -0.25) is 0 Å². The van der Waals surface area contributed by atoms with Gasteiger partial charge in [-0.1, -0.05) is 152 Å². The Morgan fingerprint density at radius 2 is 1.00 bits per heavy atom. The number of nitrogens with zero attached hydrogens (tertiary/aromatic N) is 1. The van der Waals surface area contributed by atoms with E-state index >= 15 is 0 Å². The van der Waals surface area contributed by atoms with Gasteiger partial charge >= 0.3 is 0 Å². The van der Waals surface area contributed by atoms with E-state index in [1.54, 1.807) is 0 Å². The normalized spacial score (nSPS) is 14.3. The molecule has 1 heterocycles. The Morgan fingerprint density at radius 1 is 0.442 bits per heavy atom. The highest BCUT2D eigenvalue weighted by Gasteiger charge is 2.51. The lowest BCUT2D eigenvalue weighted by Crippen LogP contribution is -2.32. The molecule has 0 saturated heterocycles. The molecule has 10 rings (SSSR count). The molecule has 7 aromatic carbocycles. The summed E-state index contributed by atoms with van der Waals surface area (Å²) in [7, 11) is 0. The molecule has 7 aromatic rings. The van der Waals surface area contributed by atoms with Crippen molar-refractivity contribution in [1.82, 2.24) is 0 Å². The van der Waals surface area contributed by atoms with Crippen LogP contribution in [0.1, 0.15) is 34.2 Å². The maximum Gasteiger partial charge on any atom is 0.132 e. The Kier molecular flexibility index (Phi) is 7.14. The van der Waals surface area contributed by atoms with E-state index in [4.69, 9.17) is 4.74 Å². The van der Waals surface area contributed by atoms with Crippen molar-refractivity contribution in [1.29, 1.82) is 0 Å². The molecule has 0 aromatic heterocycles. The Labute approximate surface area is 304 Å². The zero-order valence-electron chi connectivity index (χ0n) is 28.6. The lowest BCUT2D eigenvalue weighted by atomic mass is 9.66. The van der Waals surface area contributed by atoms with Crippen LogP contribution in [-0.4, -0.2) is 0 Å². The van der Waals surface area contributed by atoms with E-state index in [9.17, 15) is 0 Å². The van der Waals surface area contributed by atoms with Crippen molar-refractivity contribution in [3.63, 3.8) is 0 Å². The summed E-state index contributed by atoms with van der Waals surface area (Å²) < 4.78 is 6.60. The highest BCUT2D eigenvalue weighted by molar-refractivity contribution is 5.91. The lowest BCUT2D eigenvalue weighted by Gasteiger charge is -2.39. The molecular weight excluding hydrogens is 631 g/mol. The van der Waals surface area contributed by atoms with Gasteiger partial charge in [0.15, 0.2) is 0 Å². The van der Waals surface area contributed by atoms with Crippen molar-refractivity contribution in [2.45, 2.75) is 11.8 Å². The molecule has 0 unspecified atom stereocenters. The van der Waals surface area contributed by atoms with Crippen molar-refractivity contribution < 1.29 is 4.74 Å². The predicted octanol–water partition coefficient (Wildman–Crippen LogP) is 13.2. The van der Waals surface area contributed by atoms with Crippen molar-refractivity contribution >= 4 is 22.6 Å². The topological polar surface area (TPSA) is 12.5 Å². The zero-order valence-corrected chi connectivity index (χ0v) is 28.6. The van der Waals surface area contributed by atoms with Crippen LogP contribution in [0.5, 0.6) is 11.5 Å². The molecule has 0 radical (unpaired) electrons. The highest BCUT2D eigenvalue weighted by atomic mass is 16.5. The third kappa shape index (κ3) is 4.72. The second kappa shape index (κ2) is 12.3. The number of rotatable bonds is 5. The van der Waals surface area contributed by atoms with Crippen LogP contribution >= 0.6 is 0 Å². The first-order chi connectivity index (χ1) is 25.8. The predicted molar refractivity (Wildman–Crippen MR) is 215 cm³/mol. The second-order valence-corrected chi connectivity index (χ2v) is 13.6. The molecule has 246 valence electrons. The Bertz CT molecular complexity index is 2510. The van der Waals surface area contributed by atoms with Gasteiger partial charge in [0.05, 0.1) is 5.41 Å². The summed E-state index contributed by atoms with van der Waals surface area (Å²) in [6, 6.07) is 61.6. The maximum absolute atomic E-state index is 6.60. The zero-order chi connectivity index (χ0) is 34.5. The van der Waals surface area contributed by atoms with Gasteiger partial charge in [0.2, 0.25) is 0 Å². The number of para-hydroxylation sites is 2. The van der Waals surface area contributed by atoms with E-state index in [1.165, 1.54) is 55.6 Å². The molecule has 2 heteroatoms. The van der Waals surface area contributed by atoms with Crippen molar-refractivity contribution in [2.24, 2.45) is 0 Å². The molecule has 3 aliphatic rings. The number of ether oxygens (including phenoxy) is 1. The third-order valence-electron chi connectivity index (χ3n) is 10.8. The largest absolute Gasteiger partial charge is 0.457 e. The van der Waals surface area contributed by atoms with Gasteiger partial charge in [-0.05, 0) is 99.5 Å². The van der Waals surface area contributed by atoms with Crippen LogP contribution in [0.3, 0.4) is 0 Å². The summed E-state index contributed by atoms with van der Waals surface area (Å²) in [5, 5.41) is 0. The molecule has 2 nitrogen and oxygen atoms in total. The van der Waals surface area contributed by atoms with Gasteiger partial charge in [0.25, 0.3) is 0 Å². The van der Waals surface area contributed by atoms with E-state index in [0.29, 0.717) is 0 Å². The number of anilines is 3. The summed E-state index contributed by atoms with van der Waals surface area (Å²) in [4.78, 5) is 2.39. The van der Waals surface area contributed by atoms with Gasteiger partial charge in [-0.2, -0.15) is 0 Å². The van der Waals surface area contributed by atoms with E-state index in [2.05, 4.69) is 205 Å². The SMILES string of the molecule is C1=CCC=CC(c2ccc(N(c3ccc(-c4ccccc4)cc3)c3ccc4c(c3)C3(c5ccccc5Oc5ccccc53)c3ccccc3-4)cc2)=C1. The number of hydrogen-bond donors (Lipinski definition) is 0. The van der Waals surface area contributed by atoms with Crippen LogP contribution < -0.4 is 9.64 Å². The van der Waals surface area contributed by atoms with Crippen LogP contribution in [-0.2, 0) is 5.41 Å². The van der Waals surface area contributed by atoms with E-state index in [-0.39, 0.29) is 0 Å². The fourth-order valence-corrected chi connectivity index (χ4v) is 8.44. The second-order valence-electron chi connectivity index (χ2n) is 13.6. The lowest BCUT2D eigenvalue weighted by molar-refractivity contribution is 0.436. The summed E-state index contributed by atoms with van der Waals surface area (Å²) in [6.45, 7) is 0. The van der Waals surface area contributed by atoms with Crippen LogP contribution in [0.25, 0.3) is 27.8 Å². The molecule has 0 fully saturated rings. The average molecular weight is 666 g/mol. The number of allylic oxidation sites excluding steroid dienone is 6. The minimum atomic E-state index is -0.536. The Morgan fingerprint density at radius 3 is 1.71 bits per heavy atom. The number of hydrogen-bond acceptors (Lipinski definition) is 2. The van der Waals surface area contributed by atoms with Gasteiger partial charge in [0, 0.05) is 28.2 Å². The van der Waals surface area contributed by atoms with Gasteiger partial charge in [-0.15, -0.1) is 0 Å². The van der Waals surface area contributed by atoms with Crippen LogP contribution in [0.2, 0.25) is 0 Å². The summed E-state index contributed by atoms with van der Waals surface area (Å²) >= 11 is 0. The molecule has 2 aliphatic carbocycles. The molecule has 1 spiro atoms. The van der Waals surface area contributed by atoms with Gasteiger partial charge in [0.1, 0.15) is 11.5 Å². The minimum Gasteiger partial charge on any atom is -0.457 e. The summed E-state index contributed by atoms with van der Waals surface area (Å²) in [6.07, 6.45) is 11.9. The molecule has 0 N–H and O–H groups in total. The smallest absolute Gasteiger partial charge is 0.132 e. The van der Waals surface area contributed by atoms with Gasteiger partial charge < -0.3 is 9.64 Å². The van der Waals surface area contributed by atoms with Crippen LogP contribution in [0, 0.1) is 0 Å². The molecular formula is C50H35NO. The fourth-order valence-electron chi connectivity index (χ4n) is 8.44. The fraction of sp³-hybridized carbons (Fsp3) is 0.0400. The van der Waals surface area contributed by atoms with Crippen molar-refractivity contribution in [3.05, 3.63) is 228 Å². The molecule has 0 atom stereocenters. The molecule has 52 heavy (non-hydrogen) atoms. The first-order valence-corrected chi connectivity index (χ1v) is 18.0. The quantitative estimate of drug-likeness (QED) is 0.181. The number of benzene rings is 7. The Balaban J connectivity index is 1.18. The number of fused-ring (bicyclic) bond motifs is 9. The van der Waals surface area contributed by atoms with Crippen LogP contribution in [0.4, 0.5) is 17.1 Å². The average Bonchev–Trinajstić information content (AvgIpc) is 3.33. The summed E-state index contributed by atoms with van der Waals surface area (Å²) in [5.41, 5.74) is 15.0. The first-order valence-electron chi connectivity index (χ1n) is 18.0. The maximum atomic E-state index is 6.60. The third-order valence-corrected chi connectivity index (χ3v) is 10.8. The van der Waals surface area contributed by atoms with E-state index in [1.807, 2.05) is 0 Å². The standard InChI is InChI=1S/C50H35NO/c1-2-5-15-35(14-4-1)37-24-28-39(29-25-37)51(40-30-26-38(27-31-40)36-16-6-3-7-17-36)41-32-33-43-42-18-8-9-19-44(42)50(47(43)34-41)45-20-10-12-22-48(45)52-49-23-13-11-21-46(49)50/h1,3-34H,2H2. The van der Waals surface area contributed by atoms with E-state index < -0.39 is 5.41 Å². The Hall–Kier alpha value is -6.64. The molecule has 0 saturated carbocycles. The minimum absolute atomic E-state index is 0.536. The first kappa shape index (κ1) is 30.2. The summed E-state index contributed by atoms with van der Waals surface area (Å²) in [5.74, 6) is 1.80. The highest BCUT2D eigenvalue weighted by Crippen LogP contribution is 2.62. The van der Waals surface area contributed by atoms with Crippen molar-refractivity contribution in [3.8, 4) is 33.8 Å². The van der Waals surface area contributed by atoms with Crippen LogP contribution in [0.15, 0.2) is 200 Å².